The second-order valence-corrected chi connectivity index (χ2v) is 6.29. The molecule has 2 N–H and O–H groups in total. The summed E-state index contributed by atoms with van der Waals surface area (Å²) in [5.74, 6) is 0. The zero-order valence-corrected chi connectivity index (χ0v) is 13.8. The van der Waals surface area contributed by atoms with Crippen molar-refractivity contribution >= 4 is 0 Å². The van der Waals surface area contributed by atoms with Crippen LogP contribution < -0.4 is 10.6 Å². The lowest BCUT2D eigenvalue weighted by Crippen LogP contribution is -2.37. The highest BCUT2D eigenvalue weighted by molar-refractivity contribution is 5.11. The van der Waals surface area contributed by atoms with E-state index in [1.807, 2.05) is 24.5 Å². The third kappa shape index (κ3) is 3.32. The molecule has 0 spiro atoms. The van der Waals surface area contributed by atoms with Crippen LogP contribution in [0.3, 0.4) is 0 Å². The molecule has 24 heavy (non-hydrogen) atoms. The average Bonchev–Trinajstić information content (AvgIpc) is 3.30. The predicted octanol–water partition coefficient (Wildman–Crippen LogP) is 0.984. The van der Waals surface area contributed by atoms with Crippen molar-refractivity contribution in [3.63, 3.8) is 0 Å². The van der Waals surface area contributed by atoms with Gasteiger partial charge in [0, 0.05) is 51.7 Å². The minimum atomic E-state index is 0.232. The third-order valence-corrected chi connectivity index (χ3v) is 4.81. The Morgan fingerprint density at radius 3 is 1.71 bits per heavy atom. The lowest BCUT2D eigenvalue weighted by atomic mass is 10.2. The van der Waals surface area contributed by atoms with E-state index in [4.69, 9.17) is 0 Å². The number of aromatic nitrogens is 2. The third-order valence-electron chi connectivity index (χ3n) is 4.81. The van der Waals surface area contributed by atoms with Crippen molar-refractivity contribution in [2.45, 2.75) is 12.3 Å². The maximum atomic E-state index is 4.51. The molecule has 2 atom stereocenters. The van der Waals surface area contributed by atoms with E-state index in [2.05, 4.69) is 54.7 Å². The normalized spacial score (nSPS) is 25.3. The quantitative estimate of drug-likeness (QED) is 0.855. The van der Waals surface area contributed by atoms with Crippen LogP contribution in [0.1, 0.15) is 23.7 Å². The van der Waals surface area contributed by atoms with Crippen LogP contribution in [0.4, 0.5) is 0 Å². The van der Waals surface area contributed by atoms with Gasteiger partial charge in [-0.05, 0) is 24.3 Å². The van der Waals surface area contributed by atoms with E-state index in [0.717, 1.165) is 50.7 Å². The number of hydrogen-bond donors (Lipinski definition) is 2. The molecule has 2 aromatic heterocycles. The van der Waals surface area contributed by atoms with E-state index in [9.17, 15) is 0 Å². The van der Waals surface area contributed by atoms with E-state index < -0.39 is 0 Å². The van der Waals surface area contributed by atoms with Gasteiger partial charge >= 0.3 is 0 Å². The van der Waals surface area contributed by atoms with Gasteiger partial charge in [0.25, 0.3) is 0 Å². The predicted molar refractivity (Wildman–Crippen MR) is 93.1 cm³/mol. The largest absolute Gasteiger partial charge is 0.295 e. The average molecular weight is 324 g/mol. The Morgan fingerprint density at radius 1 is 0.792 bits per heavy atom. The highest BCUT2D eigenvalue weighted by Crippen LogP contribution is 2.22. The fourth-order valence-corrected chi connectivity index (χ4v) is 3.60. The topological polar surface area (TPSA) is 56.3 Å². The second kappa shape index (κ2) is 7.36. The Morgan fingerprint density at radius 2 is 1.29 bits per heavy atom. The smallest absolute Gasteiger partial charge is 0.104 e. The van der Waals surface area contributed by atoms with Crippen molar-refractivity contribution in [2.24, 2.45) is 0 Å². The van der Waals surface area contributed by atoms with Crippen molar-refractivity contribution in [2.75, 3.05) is 39.3 Å². The molecule has 2 aliphatic heterocycles. The number of pyridine rings is 2. The molecule has 0 bridgehead atoms. The van der Waals surface area contributed by atoms with E-state index in [0.29, 0.717) is 0 Å². The molecule has 6 heteroatoms. The van der Waals surface area contributed by atoms with E-state index in [1.54, 1.807) is 0 Å². The summed E-state index contributed by atoms with van der Waals surface area (Å²) in [5, 5.41) is 7.12. The molecule has 0 aliphatic carbocycles. The van der Waals surface area contributed by atoms with Gasteiger partial charge in [-0.2, -0.15) is 0 Å². The SMILES string of the molecule is c1ccc(C2NCCN2CCN2CCNC2c2ccccn2)nc1. The van der Waals surface area contributed by atoms with Crippen molar-refractivity contribution in [1.82, 2.24) is 30.4 Å². The Balaban J connectivity index is 1.39. The van der Waals surface area contributed by atoms with Crippen molar-refractivity contribution in [3.05, 3.63) is 60.2 Å². The monoisotopic (exact) mass is 324 g/mol. The molecular weight excluding hydrogens is 300 g/mol. The molecule has 126 valence electrons. The van der Waals surface area contributed by atoms with Gasteiger partial charge in [0.1, 0.15) is 12.3 Å². The Hall–Kier alpha value is -1.86. The van der Waals surface area contributed by atoms with Gasteiger partial charge in [-0.25, -0.2) is 0 Å². The van der Waals surface area contributed by atoms with Gasteiger partial charge in [-0.3, -0.25) is 30.4 Å². The summed E-state index contributed by atoms with van der Waals surface area (Å²) in [7, 11) is 0. The lowest BCUT2D eigenvalue weighted by molar-refractivity contribution is 0.172. The van der Waals surface area contributed by atoms with E-state index in [1.165, 1.54) is 0 Å². The van der Waals surface area contributed by atoms with Gasteiger partial charge in [0.05, 0.1) is 11.4 Å². The van der Waals surface area contributed by atoms with Crippen LogP contribution in [0.5, 0.6) is 0 Å². The number of nitrogens with zero attached hydrogens (tertiary/aromatic N) is 4. The molecule has 2 aromatic rings. The molecule has 0 radical (unpaired) electrons. The van der Waals surface area contributed by atoms with Crippen LogP contribution in [-0.4, -0.2) is 59.0 Å². The fourth-order valence-electron chi connectivity index (χ4n) is 3.60. The molecular formula is C18H24N6. The number of rotatable bonds is 5. The maximum Gasteiger partial charge on any atom is 0.104 e. The maximum absolute atomic E-state index is 4.51. The lowest BCUT2D eigenvalue weighted by Gasteiger charge is -2.28. The molecule has 6 nitrogen and oxygen atoms in total. The van der Waals surface area contributed by atoms with Crippen LogP contribution in [0, 0.1) is 0 Å². The zero-order valence-electron chi connectivity index (χ0n) is 13.8. The van der Waals surface area contributed by atoms with Gasteiger partial charge in [0.15, 0.2) is 0 Å². The summed E-state index contributed by atoms with van der Waals surface area (Å²) in [4.78, 5) is 14.0. The number of hydrogen-bond acceptors (Lipinski definition) is 6. The van der Waals surface area contributed by atoms with Gasteiger partial charge in [-0.15, -0.1) is 0 Å². The molecule has 2 aliphatic rings. The zero-order chi connectivity index (χ0) is 16.2. The second-order valence-electron chi connectivity index (χ2n) is 6.29. The van der Waals surface area contributed by atoms with E-state index in [-0.39, 0.29) is 12.3 Å². The van der Waals surface area contributed by atoms with Gasteiger partial charge < -0.3 is 0 Å². The molecule has 4 rings (SSSR count). The van der Waals surface area contributed by atoms with Crippen molar-refractivity contribution in [3.8, 4) is 0 Å². The van der Waals surface area contributed by atoms with Crippen LogP contribution in [0.15, 0.2) is 48.8 Å². The molecule has 0 aromatic carbocycles. The molecule has 2 unspecified atom stereocenters. The van der Waals surface area contributed by atoms with Crippen molar-refractivity contribution < 1.29 is 0 Å². The standard InChI is InChI=1S/C18H24N6/c1-3-7-19-15(5-1)17-21-9-11-23(17)13-14-24-12-10-22-18(24)16-6-2-4-8-20-16/h1-8,17-18,21-22H,9-14H2. The summed E-state index contributed by atoms with van der Waals surface area (Å²) in [6.07, 6.45) is 4.20. The summed E-state index contributed by atoms with van der Waals surface area (Å²) in [5.41, 5.74) is 2.21. The highest BCUT2D eigenvalue weighted by atomic mass is 15.4. The van der Waals surface area contributed by atoms with Crippen molar-refractivity contribution in [1.29, 1.82) is 0 Å². The highest BCUT2D eigenvalue weighted by Gasteiger charge is 2.30. The van der Waals surface area contributed by atoms with Crippen LogP contribution >= 0.6 is 0 Å². The first-order valence-electron chi connectivity index (χ1n) is 8.68. The Kier molecular flexibility index (Phi) is 4.80. The minimum Gasteiger partial charge on any atom is -0.295 e. The minimum absolute atomic E-state index is 0.232. The summed E-state index contributed by atoms with van der Waals surface area (Å²) >= 11 is 0. The fraction of sp³-hybridized carbons (Fsp3) is 0.444. The van der Waals surface area contributed by atoms with Crippen LogP contribution in [-0.2, 0) is 0 Å². The first kappa shape index (κ1) is 15.7. The summed E-state index contributed by atoms with van der Waals surface area (Å²) < 4.78 is 0. The first-order chi connectivity index (χ1) is 11.9. The summed E-state index contributed by atoms with van der Waals surface area (Å²) in [6, 6.07) is 12.3. The van der Waals surface area contributed by atoms with Crippen LogP contribution in [0.25, 0.3) is 0 Å². The van der Waals surface area contributed by atoms with Gasteiger partial charge in [0.2, 0.25) is 0 Å². The molecule has 4 heterocycles. The summed E-state index contributed by atoms with van der Waals surface area (Å²) in [6.45, 7) is 6.22. The Bertz CT molecular complexity index is 577. The Labute approximate surface area is 142 Å². The van der Waals surface area contributed by atoms with Gasteiger partial charge in [-0.1, -0.05) is 12.1 Å². The molecule has 0 amide bonds. The van der Waals surface area contributed by atoms with E-state index >= 15 is 0 Å². The first-order valence-corrected chi connectivity index (χ1v) is 8.68. The molecule has 0 saturated carbocycles. The number of nitrogens with one attached hydrogen (secondary N) is 2. The molecule has 2 saturated heterocycles. The molecule has 2 fully saturated rings. The van der Waals surface area contributed by atoms with Crippen LogP contribution in [0.2, 0.25) is 0 Å².